The van der Waals surface area contributed by atoms with Crippen LogP contribution >= 0.6 is 11.3 Å². The molecule has 2 unspecified atom stereocenters. The van der Waals surface area contributed by atoms with E-state index in [1.807, 2.05) is 11.3 Å². The van der Waals surface area contributed by atoms with Crippen molar-refractivity contribution in [3.05, 3.63) is 21.9 Å². The number of ether oxygens (including phenoxy) is 1. The van der Waals surface area contributed by atoms with E-state index in [2.05, 4.69) is 32.9 Å². The lowest BCUT2D eigenvalue weighted by Crippen LogP contribution is -2.13. The summed E-state index contributed by atoms with van der Waals surface area (Å²) in [6.45, 7) is 7.69. The Hall–Kier alpha value is -0.380. The van der Waals surface area contributed by atoms with Crippen molar-refractivity contribution < 1.29 is 4.74 Å². The first-order chi connectivity index (χ1) is 8.47. The topological polar surface area (TPSA) is 35.2 Å². The molecule has 1 aliphatic heterocycles. The molecule has 0 spiro atoms. The molecule has 2 rings (SSSR count). The lowest BCUT2D eigenvalue weighted by Gasteiger charge is -2.16. The maximum Gasteiger partial charge on any atom is 0.0576 e. The van der Waals surface area contributed by atoms with Gasteiger partial charge in [-0.15, -0.1) is 11.3 Å². The van der Waals surface area contributed by atoms with Crippen molar-refractivity contribution in [3.8, 4) is 0 Å². The summed E-state index contributed by atoms with van der Waals surface area (Å²) in [7, 11) is 0. The van der Waals surface area contributed by atoms with E-state index in [0.29, 0.717) is 6.10 Å². The summed E-state index contributed by atoms with van der Waals surface area (Å²) in [5.74, 6) is 0. The number of nitrogens with two attached hydrogens (primary N) is 1. The largest absolute Gasteiger partial charge is 0.378 e. The Bertz CT molecular complexity index is 374. The van der Waals surface area contributed by atoms with E-state index in [4.69, 9.17) is 10.5 Å². The maximum atomic E-state index is 6.28. The molecule has 1 aromatic heterocycles. The zero-order chi connectivity index (χ0) is 13.2. The van der Waals surface area contributed by atoms with Crippen LogP contribution in [0, 0.1) is 0 Å². The van der Waals surface area contributed by atoms with Gasteiger partial charge >= 0.3 is 0 Å². The fraction of sp³-hybridized carbons (Fsp3) is 0.733. The normalized spacial score (nSPS) is 22.3. The van der Waals surface area contributed by atoms with Gasteiger partial charge in [0.15, 0.2) is 0 Å². The van der Waals surface area contributed by atoms with Crippen LogP contribution in [0.3, 0.4) is 0 Å². The molecular formula is C15H25NOS. The predicted molar refractivity (Wildman–Crippen MR) is 78.2 cm³/mol. The smallest absolute Gasteiger partial charge is 0.0576 e. The first-order valence-electron chi connectivity index (χ1n) is 6.94. The maximum absolute atomic E-state index is 6.28. The van der Waals surface area contributed by atoms with Crippen molar-refractivity contribution in [2.75, 3.05) is 6.61 Å². The van der Waals surface area contributed by atoms with Crippen LogP contribution < -0.4 is 5.73 Å². The zero-order valence-electron chi connectivity index (χ0n) is 11.7. The molecule has 2 nitrogen and oxygen atoms in total. The van der Waals surface area contributed by atoms with E-state index in [1.165, 1.54) is 22.6 Å². The van der Waals surface area contributed by atoms with Crippen LogP contribution in [0.5, 0.6) is 0 Å². The molecule has 2 N–H and O–H groups in total. The third-order valence-corrected chi connectivity index (χ3v) is 5.20. The van der Waals surface area contributed by atoms with E-state index in [0.717, 1.165) is 19.4 Å². The van der Waals surface area contributed by atoms with Gasteiger partial charge in [-0.3, -0.25) is 0 Å². The third kappa shape index (κ3) is 3.56. The number of thiophene rings is 1. The van der Waals surface area contributed by atoms with Crippen LogP contribution in [0.15, 0.2) is 12.1 Å². The van der Waals surface area contributed by atoms with Crippen molar-refractivity contribution in [1.29, 1.82) is 0 Å². The minimum atomic E-state index is 0.176. The lowest BCUT2D eigenvalue weighted by molar-refractivity contribution is 0.101. The van der Waals surface area contributed by atoms with Gasteiger partial charge in [-0.2, -0.15) is 0 Å². The molecule has 3 heteroatoms. The minimum Gasteiger partial charge on any atom is -0.378 e. The third-order valence-electron chi connectivity index (χ3n) is 3.56. The van der Waals surface area contributed by atoms with Gasteiger partial charge in [0, 0.05) is 22.4 Å². The zero-order valence-corrected chi connectivity index (χ0v) is 12.6. The summed E-state index contributed by atoms with van der Waals surface area (Å²) in [5.41, 5.74) is 6.52. The Morgan fingerprint density at radius 1 is 1.44 bits per heavy atom. The molecule has 0 aliphatic carbocycles. The number of rotatable bonds is 4. The van der Waals surface area contributed by atoms with Gasteiger partial charge in [-0.05, 0) is 43.2 Å². The second-order valence-electron chi connectivity index (χ2n) is 6.27. The molecule has 2 atom stereocenters. The summed E-state index contributed by atoms with van der Waals surface area (Å²) in [6, 6.07) is 4.60. The van der Waals surface area contributed by atoms with Gasteiger partial charge in [0.25, 0.3) is 0 Å². The molecule has 1 aromatic rings. The number of hydrogen-bond acceptors (Lipinski definition) is 3. The molecule has 0 bridgehead atoms. The summed E-state index contributed by atoms with van der Waals surface area (Å²) in [4.78, 5) is 2.74. The van der Waals surface area contributed by atoms with Gasteiger partial charge in [0.1, 0.15) is 0 Å². The molecule has 1 saturated heterocycles. The summed E-state index contributed by atoms with van der Waals surface area (Å²) < 4.78 is 5.65. The quantitative estimate of drug-likeness (QED) is 0.894. The van der Waals surface area contributed by atoms with E-state index in [-0.39, 0.29) is 11.5 Å². The van der Waals surface area contributed by atoms with Crippen molar-refractivity contribution in [2.24, 2.45) is 5.73 Å². The van der Waals surface area contributed by atoms with Crippen LogP contribution in [0.2, 0.25) is 0 Å². The van der Waals surface area contributed by atoms with Gasteiger partial charge in [-0.25, -0.2) is 0 Å². The SMILES string of the molecule is CC(C)(C)c1ccc(C(N)CCC2CCCO2)s1. The molecule has 1 fully saturated rings. The van der Waals surface area contributed by atoms with Crippen LogP contribution in [-0.2, 0) is 10.2 Å². The van der Waals surface area contributed by atoms with Crippen LogP contribution in [0.25, 0.3) is 0 Å². The highest BCUT2D eigenvalue weighted by molar-refractivity contribution is 7.12. The average Bonchev–Trinajstić information content (AvgIpc) is 2.96. The lowest BCUT2D eigenvalue weighted by atomic mass is 9.95. The van der Waals surface area contributed by atoms with E-state index >= 15 is 0 Å². The van der Waals surface area contributed by atoms with Crippen LogP contribution in [-0.4, -0.2) is 12.7 Å². The average molecular weight is 267 g/mol. The molecule has 0 saturated carbocycles. The summed E-state index contributed by atoms with van der Waals surface area (Å²) >= 11 is 1.86. The molecule has 102 valence electrons. The second kappa shape index (κ2) is 5.72. The van der Waals surface area contributed by atoms with Gasteiger partial charge in [0.2, 0.25) is 0 Å². The Balaban J connectivity index is 1.88. The van der Waals surface area contributed by atoms with Gasteiger partial charge in [-0.1, -0.05) is 20.8 Å². The highest BCUT2D eigenvalue weighted by Crippen LogP contribution is 2.33. The van der Waals surface area contributed by atoms with E-state index in [1.54, 1.807) is 0 Å². The van der Waals surface area contributed by atoms with Crippen LogP contribution in [0.1, 0.15) is 62.3 Å². The standard InChI is InChI=1S/C15H25NOS/c1-15(2,3)14-9-8-13(18-14)12(16)7-6-11-5-4-10-17-11/h8-9,11-12H,4-7,10,16H2,1-3H3. The van der Waals surface area contributed by atoms with Crippen molar-refractivity contribution in [3.63, 3.8) is 0 Å². The van der Waals surface area contributed by atoms with Crippen LogP contribution in [0.4, 0.5) is 0 Å². The summed E-state index contributed by atoms with van der Waals surface area (Å²) in [6.07, 6.45) is 5.02. The van der Waals surface area contributed by atoms with Crippen molar-refractivity contribution in [1.82, 2.24) is 0 Å². The number of hydrogen-bond donors (Lipinski definition) is 1. The molecule has 0 radical (unpaired) electrons. The fourth-order valence-corrected chi connectivity index (χ4v) is 3.44. The first kappa shape index (κ1) is 14.0. The van der Waals surface area contributed by atoms with Gasteiger partial charge < -0.3 is 10.5 Å². The Morgan fingerprint density at radius 3 is 2.78 bits per heavy atom. The van der Waals surface area contributed by atoms with E-state index in [9.17, 15) is 0 Å². The predicted octanol–water partition coefficient (Wildman–Crippen LogP) is 4.00. The monoisotopic (exact) mass is 267 g/mol. The van der Waals surface area contributed by atoms with E-state index < -0.39 is 0 Å². The van der Waals surface area contributed by atoms with Gasteiger partial charge in [0.05, 0.1) is 6.10 Å². The second-order valence-corrected chi connectivity index (χ2v) is 7.39. The molecule has 2 heterocycles. The molecule has 18 heavy (non-hydrogen) atoms. The molecular weight excluding hydrogens is 242 g/mol. The fourth-order valence-electron chi connectivity index (χ4n) is 2.33. The molecule has 0 amide bonds. The van der Waals surface area contributed by atoms with Crippen molar-refractivity contribution in [2.45, 2.75) is 64.0 Å². The Labute approximate surface area is 115 Å². The Kier molecular flexibility index (Phi) is 4.46. The molecule has 0 aromatic carbocycles. The summed E-state index contributed by atoms with van der Waals surface area (Å²) in [5, 5.41) is 0. The minimum absolute atomic E-state index is 0.176. The highest BCUT2D eigenvalue weighted by Gasteiger charge is 2.20. The Morgan fingerprint density at radius 2 is 2.22 bits per heavy atom. The highest BCUT2D eigenvalue weighted by atomic mass is 32.1. The first-order valence-corrected chi connectivity index (χ1v) is 7.76. The van der Waals surface area contributed by atoms with Crippen molar-refractivity contribution >= 4 is 11.3 Å². The molecule has 1 aliphatic rings.